The third-order valence-corrected chi connectivity index (χ3v) is 2.59. The molecular formula is C13H9FN2O4. The standard InChI is InChI=1S/C13H9FN2O4/c14-9-7-8(13(17)18)5-6-10(9)15-11-3-1-2-4-12(11)16(19)20/h1-7,15H,(H,17,18). The smallest absolute Gasteiger partial charge is 0.335 e. The van der Waals surface area contributed by atoms with Gasteiger partial charge in [-0.15, -0.1) is 0 Å². The Morgan fingerprint density at radius 1 is 1.20 bits per heavy atom. The van der Waals surface area contributed by atoms with Crippen molar-refractivity contribution in [1.29, 1.82) is 0 Å². The topological polar surface area (TPSA) is 92.5 Å². The lowest BCUT2D eigenvalue weighted by Crippen LogP contribution is -2.01. The molecule has 0 spiro atoms. The van der Waals surface area contributed by atoms with Crippen molar-refractivity contribution in [3.8, 4) is 0 Å². The second kappa shape index (κ2) is 5.35. The first kappa shape index (κ1) is 13.5. The van der Waals surface area contributed by atoms with Gasteiger partial charge in [0, 0.05) is 6.07 Å². The highest BCUT2D eigenvalue weighted by Gasteiger charge is 2.14. The Balaban J connectivity index is 2.36. The van der Waals surface area contributed by atoms with E-state index in [2.05, 4.69) is 5.32 Å². The maximum Gasteiger partial charge on any atom is 0.335 e. The maximum atomic E-state index is 13.7. The number of para-hydroxylation sites is 2. The van der Waals surface area contributed by atoms with Crippen LogP contribution in [0.25, 0.3) is 0 Å². The molecule has 0 aliphatic heterocycles. The molecule has 0 atom stereocenters. The number of benzene rings is 2. The van der Waals surface area contributed by atoms with E-state index in [4.69, 9.17) is 5.11 Å². The summed E-state index contributed by atoms with van der Waals surface area (Å²) in [6.45, 7) is 0. The molecule has 0 aliphatic rings. The van der Waals surface area contributed by atoms with Crippen LogP contribution in [0.15, 0.2) is 42.5 Å². The summed E-state index contributed by atoms with van der Waals surface area (Å²) in [4.78, 5) is 20.9. The van der Waals surface area contributed by atoms with Crippen LogP contribution in [-0.2, 0) is 0 Å². The fourth-order valence-electron chi connectivity index (χ4n) is 1.63. The summed E-state index contributed by atoms with van der Waals surface area (Å²) in [7, 11) is 0. The van der Waals surface area contributed by atoms with Crippen LogP contribution in [-0.4, -0.2) is 16.0 Å². The van der Waals surface area contributed by atoms with Crippen LogP contribution in [0, 0.1) is 15.9 Å². The van der Waals surface area contributed by atoms with E-state index in [0.29, 0.717) is 0 Å². The molecule has 0 radical (unpaired) electrons. The number of nitrogens with zero attached hydrogens (tertiary/aromatic N) is 1. The lowest BCUT2D eigenvalue weighted by molar-refractivity contribution is -0.383. The third kappa shape index (κ3) is 2.72. The maximum absolute atomic E-state index is 13.7. The zero-order chi connectivity index (χ0) is 14.7. The van der Waals surface area contributed by atoms with Gasteiger partial charge in [0.25, 0.3) is 5.69 Å². The third-order valence-electron chi connectivity index (χ3n) is 2.59. The number of nitro benzene ring substituents is 1. The number of carboxylic acid groups (broad SMARTS) is 1. The minimum Gasteiger partial charge on any atom is -0.478 e. The summed E-state index contributed by atoms with van der Waals surface area (Å²) < 4.78 is 13.7. The number of hydrogen-bond acceptors (Lipinski definition) is 4. The SMILES string of the molecule is O=C(O)c1ccc(Nc2ccccc2[N+](=O)[O-])c(F)c1. The number of rotatable bonds is 4. The lowest BCUT2D eigenvalue weighted by atomic mass is 10.2. The molecule has 20 heavy (non-hydrogen) atoms. The number of nitro groups is 1. The Bertz CT molecular complexity index is 688. The van der Waals surface area contributed by atoms with Crippen LogP contribution in [0.5, 0.6) is 0 Å². The van der Waals surface area contributed by atoms with Crippen LogP contribution >= 0.6 is 0 Å². The number of anilines is 2. The molecule has 2 aromatic carbocycles. The van der Waals surface area contributed by atoms with Gasteiger partial charge in [-0.05, 0) is 24.3 Å². The van der Waals surface area contributed by atoms with Gasteiger partial charge < -0.3 is 10.4 Å². The van der Waals surface area contributed by atoms with E-state index in [1.165, 1.54) is 30.3 Å². The average molecular weight is 276 g/mol. The van der Waals surface area contributed by atoms with Gasteiger partial charge >= 0.3 is 5.97 Å². The molecule has 6 nitrogen and oxygen atoms in total. The Morgan fingerprint density at radius 3 is 2.50 bits per heavy atom. The van der Waals surface area contributed by atoms with Crippen molar-refractivity contribution in [1.82, 2.24) is 0 Å². The highest BCUT2D eigenvalue weighted by molar-refractivity contribution is 5.88. The predicted octanol–water partition coefficient (Wildman–Crippen LogP) is 3.18. The fraction of sp³-hybridized carbons (Fsp3) is 0. The molecule has 0 unspecified atom stereocenters. The average Bonchev–Trinajstić information content (AvgIpc) is 2.41. The first-order valence-electron chi connectivity index (χ1n) is 5.52. The van der Waals surface area contributed by atoms with Crippen molar-refractivity contribution in [3.05, 3.63) is 64.0 Å². The molecule has 102 valence electrons. The first-order chi connectivity index (χ1) is 9.49. The highest BCUT2D eigenvalue weighted by Crippen LogP contribution is 2.28. The Morgan fingerprint density at radius 2 is 1.90 bits per heavy atom. The molecule has 0 bridgehead atoms. The van der Waals surface area contributed by atoms with Crippen molar-refractivity contribution in [2.24, 2.45) is 0 Å². The Hall–Kier alpha value is -2.96. The molecule has 0 aromatic heterocycles. The van der Waals surface area contributed by atoms with Gasteiger partial charge in [0.05, 0.1) is 16.2 Å². The second-order valence-corrected chi connectivity index (χ2v) is 3.90. The molecule has 0 saturated carbocycles. The second-order valence-electron chi connectivity index (χ2n) is 3.90. The molecule has 0 saturated heterocycles. The summed E-state index contributed by atoms with van der Waals surface area (Å²) in [6, 6.07) is 9.05. The summed E-state index contributed by atoms with van der Waals surface area (Å²) in [5.74, 6) is -2.05. The van der Waals surface area contributed by atoms with Gasteiger partial charge in [0.2, 0.25) is 0 Å². The summed E-state index contributed by atoms with van der Waals surface area (Å²) in [5, 5.41) is 22.1. The van der Waals surface area contributed by atoms with Crippen LogP contribution in [0.4, 0.5) is 21.5 Å². The highest BCUT2D eigenvalue weighted by atomic mass is 19.1. The molecule has 0 amide bonds. The fourth-order valence-corrected chi connectivity index (χ4v) is 1.63. The lowest BCUT2D eigenvalue weighted by Gasteiger charge is -2.08. The first-order valence-corrected chi connectivity index (χ1v) is 5.52. The Labute approximate surface area is 112 Å². The van der Waals surface area contributed by atoms with Crippen molar-refractivity contribution in [2.45, 2.75) is 0 Å². The molecule has 0 heterocycles. The van der Waals surface area contributed by atoms with Crippen molar-refractivity contribution in [3.63, 3.8) is 0 Å². The normalized spacial score (nSPS) is 10.1. The van der Waals surface area contributed by atoms with Crippen molar-refractivity contribution >= 4 is 23.0 Å². The molecule has 2 N–H and O–H groups in total. The van der Waals surface area contributed by atoms with E-state index in [1.807, 2.05) is 0 Å². The van der Waals surface area contributed by atoms with E-state index >= 15 is 0 Å². The van der Waals surface area contributed by atoms with Crippen molar-refractivity contribution < 1.29 is 19.2 Å². The number of hydrogen-bond donors (Lipinski definition) is 2. The minimum atomic E-state index is -1.25. The van der Waals surface area contributed by atoms with Crippen molar-refractivity contribution in [2.75, 3.05) is 5.32 Å². The number of carbonyl (C=O) groups is 1. The predicted molar refractivity (Wildman–Crippen MR) is 69.7 cm³/mol. The number of carboxylic acids is 1. The van der Waals surface area contributed by atoms with Crippen LogP contribution in [0.3, 0.4) is 0 Å². The van der Waals surface area contributed by atoms with Crippen LogP contribution < -0.4 is 5.32 Å². The largest absolute Gasteiger partial charge is 0.478 e. The van der Waals surface area contributed by atoms with Gasteiger partial charge in [-0.25, -0.2) is 9.18 Å². The van der Waals surface area contributed by atoms with Gasteiger partial charge in [0.15, 0.2) is 0 Å². The molecule has 2 aromatic rings. The minimum absolute atomic E-state index is 0.0377. The van der Waals surface area contributed by atoms with E-state index in [-0.39, 0.29) is 22.6 Å². The summed E-state index contributed by atoms with van der Waals surface area (Å²) in [5.41, 5.74) is -0.311. The van der Waals surface area contributed by atoms with E-state index < -0.39 is 16.7 Å². The van der Waals surface area contributed by atoms with Gasteiger partial charge in [-0.3, -0.25) is 10.1 Å². The van der Waals surface area contributed by atoms with Gasteiger partial charge in [0.1, 0.15) is 11.5 Å². The molecule has 0 aliphatic carbocycles. The van der Waals surface area contributed by atoms with E-state index in [1.54, 1.807) is 6.07 Å². The Kier molecular flexibility index (Phi) is 3.60. The van der Waals surface area contributed by atoms with Gasteiger partial charge in [-0.1, -0.05) is 12.1 Å². The van der Waals surface area contributed by atoms with E-state index in [9.17, 15) is 19.3 Å². The quantitative estimate of drug-likeness (QED) is 0.660. The number of nitrogens with one attached hydrogen (secondary N) is 1. The molecule has 2 rings (SSSR count). The molecule has 7 heteroatoms. The van der Waals surface area contributed by atoms with E-state index in [0.717, 1.165) is 6.07 Å². The summed E-state index contributed by atoms with van der Waals surface area (Å²) >= 11 is 0. The molecular weight excluding hydrogens is 267 g/mol. The van der Waals surface area contributed by atoms with Gasteiger partial charge in [-0.2, -0.15) is 0 Å². The zero-order valence-electron chi connectivity index (χ0n) is 10.0. The monoisotopic (exact) mass is 276 g/mol. The van der Waals surface area contributed by atoms with Crippen LogP contribution in [0.1, 0.15) is 10.4 Å². The summed E-state index contributed by atoms with van der Waals surface area (Å²) in [6.07, 6.45) is 0. The zero-order valence-corrected chi connectivity index (χ0v) is 10.0. The number of halogens is 1. The molecule has 0 fully saturated rings. The number of aromatic carboxylic acids is 1. The van der Waals surface area contributed by atoms with Crippen LogP contribution in [0.2, 0.25) is 0 Å².